The maximum atomic E-state index is 12.3. The Kier molecular flexibility index (Phi) is 8.11. The number of rotatable bonds is 4. The number of benzene rings is 1. The fourth-order valence-corrected chi connectivity index (χ4v) is 3.82. The molecule has 1 aromatic rings. The summed E-state index contributed by atoms with van der Waals surface area (Å²) < 4.78 is 5.69. The zero-order valence-electron chi connectivity index (χ0n) is 17.0. The number of carbonyl (C=O) groups excluding carboxylic acids is 1. The van der Waals surface area contributed by atoms with E-state index in [0.717, 1.165) is 56.3 Å². The predicted molar refractivity (Wildman–Crippen MR) is 110 cm³/mol. The van der Waals surface area contributed by atoms with Gasteiger partial charge in [-0.1, -0.05) is 17.7 Å². The van der Waals surface area contributed by atoms with Crippen molar-refractivity contribution < 1.29 is 14.6 Å². The summed E-state index contributed by atoms with van der Waals surface area (Å²) in [6.07, 6.45) is 9.43. The molecule has 0 saturated carbocycles. The van der Waals surface area contributed by atoms with Gasteiger partial charge in [-0.2, -0.15) is 0 Å². The third-order valence-corrected chi connectivity index (χ3v) is 4.98. The highest BCUT2D eigenvalue weighted by Gasteiger charge is 2.24. The number of aryl methyl sites for hydroxylation is 1. The van der Waals surface area contributed by atoms with Gasteiger partial charge in [0.05, 0.1) is 6.54 Å². The van der Waals surface area contributed by atoms with E-state index < -0.39 is 0 Å². The average molecular weight is 372 g/mol. The Morgan fingerprint density at radius 3 is 2.59 bits per heavy atom. The van der Waals surface area contributed by atoms with E-state index in [4.69, 9.17) is 4.74 Å². The second-order valence-corrected chi connectivity index (χ2v) is 7.57. The minimum absolute atomic E-state index is 0.119. The molecule has 1 saturated heterocycles. The summed E-state index contributed by atoms with van der Waals surface area (Å²) in [7, 11) is 0. The van der Waals surface area contributed by atoms with Gasteiger partial charge in [0.25, 0.3) is 0 Å². The van der Waals surface area contributed by atoms with Crippen molar-refractivity contribution >= 4 is 5.97 Å². The number of likely N-dealkylation sites (tertiary alicyclic amines) is 1. The van der Waals surface area contributed by atoms with Gasteiger partial charge in [-0.15, -0.1) is 6.58 Å². The molecule has 1 aliphatic heterocycles. The third kappa shape index (κ3) is 6.24. The van der Waals surface area contributed by atoms with Crippen LogP contribution in [0.4, 0.5) is 0 Å². The Balaban J connectivity index is 0.000000817. The van der Waals surface area contributed by atoms with Crippen LogP contribution in [0.1, 0.15) is 63.0 Å². The molecule has 1 aromatic carbocycles. The standard InChI is InChI=1S/C20H27NO3.C3H6/c1-14-6-5-7-16(10-14)20-17(22)11-15(2)12-18(20)24-19(23)13-21-8-3-4-9-21;1-3-2/h10-12,16,22H,3-9,13H2,1-2H3;3H,1H2,2H3. The van der Waals surface area contributed by atoms with Crippen LogP contribution in [0.25, 0.3) is 0 Å². The van der Waals surface area contributed by atoms with Crippen molar-refractivity contribution in [1.29, 1.82) is 0 Å². The summed E-state index contributed by atoms with van der Waals surface area (Å²) in [5.74, 6) is 0.635. The zero-order chi connectivity index (χ0) is 19.8. The molecule has 4 heteroatoms. The molecule has 1 N–H and O–H groups in total. The number of phenols is 1. The molecule has 0 aromatic heterocycles. The fraction of sp³-hybridized carbons (Fsp3) is 0.522. The molecule has 0 spiro atoms. The lowest BCUT2D eigenvalue weighted by atomic mass is 9.85. The van der Waals surface area contributed by atoms with E-state index in [1.54, 1.807) is 12.1 Å². The largest absolute Gasteiger partial charge is 0.507 e. The summed E-state index contributed by atoms with van der Waals surface area (Å²) in [4.78, 5) is 14.5. The van der Waals surface area contributed by atoms with Crippen molar-refractivity contribution in [3.63, 3.8) is 0 Å². The van der Waals surface area contributed by atoms with E-state index in [-0.39, 0.29) is 17.6 Å². The van der Waals surface area contributed by atoms with E-state index in [2.05, 4.69) is 24.5 Å². The molecular formula is C23H33NO3. The Hall–Kier alpha value is -2.07. The number of aromatic hydroxyl groups is 1. The first-order valence-corrected chi connectivity index (χ1v) is 9.95. The van der Waals surface area contributed by atoms with Crippen molar-refractivity contribution in [3.05, 3.63) is 47.6 Å². The van der Waals surface area contributed by atoms with Crippen LogP contribution in [0.5, 0.6) is 11.5 Å². The molecular weight excluding hydrogens is 338 g/mol. The molecule has 0 bridgehead atoms. The third-order valence-electron chi connectivity index (χ3n) is 4.98. The summed E-state index contributed by atoms with van der Waals surface area (Å²) in [6.45, 7) is 11.5. The van der Waals surface area contributed by atoms with Crippen LogP contribution in [0.3, 0.4) is 0 Å². The van der Waals surface area contributed by atoms with E-state index in [0.29, 0.717) is 12.3 Å². The molecule has 1 aliphatic carbocycles. The maximum absolute atomic E-state index is 12.3. The van der Waals surface area contributed by atoms with Crippen molar-refractivity contribution in [2.75, 3.05) is 19.6 Å². The van der Waals surface area contributed by atoms with Crippen molar-refractivity contribution in [2.45, 2.75) is 58.8 Å². The number of phenolic OH excluding ortho intramolecular Hbond substituents is 1. The van der Waals surface area contributed by atoms with Gasteiger partial charge in [0.15, 0.2) is 0 Å². The maximum Gasteiger partial charge on any atom is 0.325 e. The van der Waals surface area contributed by atoms with Gasteiger partial charge < -0.3 is 9.84 Å². The van der Waals surface area contributed by atoms with Crippen LogP contribution < -0.4 is 4.74 Å². The molecule has 0 amide bonds. The SMILES string of the molecule is C=CC.CC1=CC(c2c(O)cc(C)cc2OC(=O)CN2CCCC2)CCC1. The summed E-state index contributed by atoms with van der Waals surface area (Å²) in [6, 6.07) is 3.62. The highest BCUT2D eigenvalue weighted by atomic mass is 16.5. The van der Waals surface area contributed by atoms with Gasteiger partial charge in [-0.25, -0.2) is 0 Å². The van der Waals surface area contributed by atoms with E-state index in [1.807, 2.05) is 19.9 Å². The molecule has 1 unspecified atom stereocenters. The number of carbonyl (C=O) groups is 1. The quantitative estimate of drug-likeness (QED) is 0.454. The molecule has 1 atom stereocenters. The zero-order valence-corrected chi connectivity index (χ0v) is 17.0. The highest BCUT2D eigenvalue weighted by Crippen LogP contribution is 2.41. The lowest BCUT2D eigenvalue weighted by Crippen LogP contribution is -2.30. The van der Waals surface area contributed by atoms with Crippen molar-refractivity contribution in [1.82, 2.24) is 4.90 Å². The first kappa shape index (κ1) is 21.2. The Bertz CT molecular complexity index is 687. The lowest BCUT2D eigenvalue weighted by Gasteiger charge is -2.23. The van der Waals surface area contributed by atoms with Crippen molar-refractivity contribution in [3.8, 4) is 11.5 Å². The smallest absolute Gasteiger partial charge is 0.325 e. The number of hydrogen-bond donors (Lipinski definition) is 1. The van der Waals surface area contributed by atoms with Crippen molar-refractivity contribution in [2.24, 2.45) is 0 Å². The van der Waals surface area contributed by atoms with E-state index in [9.17, 15) is 9.90 Å². The Labute approximate surface area is 163 Å². The van der Waals surface area contributed by atoms with Crippen LogP contribution in [-0.4, -0.2) is 35.6 Å². The van der Waals surface area contributed by atoms with Crippen LogP contribution in [0.15, 0.2) is 36.4 Å². The minimum Gasteiger partial charge on any atom is -0.507 e. The monoisotopic (exact) mass is 371 g/mol. The molecule has 3 rings (SSSR count). The van der Waals surface area contributed by atoms with Gasteiger partial charge in [0.2, 0.25) is 0 Å². The van der Waals surface area contributed by atoms with E-state index in [1.165, 1.54) is 5.57 Å². The molecule has 27 heavy (non-hydrogen) atoms. The molecule has 148 valence electrons. The fourth-order valence-electron chi connectivity index (χ4n) is 3.82. The first-order valence-electron chi connectivity index (χ1n) is 9.95. The molecule has 4 nitrogen and oxygen atoms in total. The van der Waals surface area contributed by atoms with Gasteiger partial charge in [0.1, 0.15) is 11.5 Å². The second kappa shape index (κ2) is 10.3. The predicted octanol–water partition coefficient (Wildman–Crippen LogP) is 5.11. The molecule has 1 fully saturated rings. The number of esters is 1. The van der Waals surface area contributed by atoms with Gasteiger partial charge in [-0.3, -0.25) is 9.69 Å². The van der Waals surface area contributed by atoms with Gasteiger partial charge in [-0.05, 0) is 83.7 Å². The number of allylic oxidation sites excluding steroid dienone is 3. The minimum atomic E-state index is -0.236. The molecule has 0 radical (unpaired) electrons. The second-order valence-electron chi connectivity index (χ2n) is 7.57. The van der Waals surface area contributed by atoms with Crippen LogP contribution in [-0.2, 0) is 4.79 Å². The van der Waals surface area contributed by atoms with Gasteiger partial charge >= 0.3 is 5.97 Å². The number of ether oxygens (including phenoxy) is 1. The first-order chi connectivity index (χ1) is 12.9. The number of nitrogens with zero attached hydrogens (tertiary/aromatic N) is 1. The molecule has 2 aliphatic rings. The normalized spacial score (nSPS) is 19.7. The summed E-state index contributed by atoms with van der Waals surface area (Å²) >= 11 is 0. The average Bonchev–Trinajstić information content (AvgIpc) is 3.07. The highest BCUT2D eigenvalue weighted by molar-refractivity contribution is 5.75. The number of hydrogen-bond acceptors (Lipinski definition) is 4. The van der Waals surface area contributed by atoms with Crippen LogP contribution in [0, 0.1) is 6.92 Å². The lowest BCUT2D eigenvalue weighted by molar-refractivity contribution is -0.135. The Morgan fingerprint density at radius 2 is 1.96 bits per heavy atom. The Morgan fingerprint density at radius 1 is 1.30 bits per heavy atom. The van der Waals surface area contributed by atoms with E-state index >= 15 is 0 Å². The topological polar surface area (TPSA) is 49.8 Å². The summed E-state index contributed by atoms with van der Waals surface area (Å²) in [5.41, 5.74) is 2.99. The molecule has 1 heterocycles. The van der Waals surface area contributed by atoms with Gasteiger partial charge in [0, 0.05) is 11.5 Å². The summed E-state index contributed by atoms with van der Waals surface area (Å²) in [5, 5.41) is 10.5. The van der Waals surface area contributed by atoms with Crippen LogP contribution >= 0.6 is 0 Å². The van der Waals surface area contributed by atoms with Crippen LogP contribution in [0.2, 0.25) is 0 Å².